The number of ether oxygens (including phenoxy) is 2. The Morgan fingerprint density at radius 2 is 1.43 bits per heavy atom. The van der Waals surface area contributed by atoms with Crippen molar-refractivity contribution < 1.29 is 136 Å². The number of aromatic nitrogens is 2. The van der Waals surface area contributed by atoms with Gasteiger partial charge in [-0.3, -0.25) is 42.5 Å². The molecular formula is C19H23N3Na2O18P2. The second-order valence-electron chi connectivity index (χ2n) is 9.08. The number of phosphoric acid groups is 2. The molecule has 44 heavy (non-hydrogen) atoms. The Bertz CT molecular complexity index is 1440. The predicted octanol–water partition coefficient (Wildman–Crippen LogP) is -12.1. The molecule has 0 spiro atoms. The van der Waals surface area contributed by atoms with E-state index in [9.17, 15) is 63.6 Å². The Labute approximate surface area is 289 Å². The predicted molar refractivity (Wildman–Crippen MR) is 123 cm³/mol. The minimum Gasteiger partial charge on any atom is -0.756 e. The van der Waals surface area contributed by atoms with Gasteiger partial charge in [-0.1, -0.05) is 0 Å². The van der Waals surface area contributed by atoms with Gasteiger partial charge in [-0.2, -0.15) is 0 Å². The number of hydrogen-bond donors (Lipinski definition) is 6. The van der Waals surface area contributed by atoms with E-state index in [0.717, 1.165) is 24.4 Å². The zero-order valence-electron chi connectivity index (χ0n) is 22.8. The van der Waals surface area contributed by atoms with Crippen LogP contribution in [-0.4, -0.2) is 114 Å². The summed E-state index contributed by atoms with van der Waals surface area (Å²) < 4.78 is 48.1. The number of aliphatic hydroxyl groups is 5. The van der Waals surface area contributed by atoms with Crippen LogP contribution in [0.25, 0.3) is 0 Å². The first-order valence-corrected chi connectivity index (χ1v) is 14.6. The monoisotopic (exact) mass is 689 g/mol. The molecule has 4 rings (SSSR count). The van der Waals surface area contributed by atoms with Crippen molar-refractivity contribution in [3.05, 3.63) is 45.3 Å². The summed E-state index contributed by atoms with van der Waals surface area (Å²) in [4.78, 5) is 73.6. The molecule has 3 aliphatic rings. The number of nitrogens with one attached hydrogen (secondary N) is 1. The van der Waals surface area contributed by atoms with E-state index in [1.54, 1.807) is 0 Å². The summed E-state index contributed by atoms with van der Waals surface area (Å²) >= 11 is 0. The molecule has 11 atom stereocenters. The maximum Gasteiger partial charge on any atom is 1.00 e. The van der Waals surface area contributed by atoms with Crippen LogP contribution in [0, 0.1) is 0 Å². The van der Waals surface area contributed by atoms with Crippen molar-refractivity contribution in [2.45, 2.75) is 55.2 Å². The molecule has 3 aliphatic heterocycles. The molecule has 0 saturated carbocycles. The largest absolute Gasteiger partial charge is 1.00 e. The van der Waals surface area contributed by atoms with Crippen molar-refractivity contribution in [2.24, 2.45) is 0 Å². The number of hydrogen-bond acceptors (Lipinski definition) is 18. The van der Waals surface area contributed by atoms with Crippen LogP contribution >= 0.6 is 15.6 Å². The number of carbonyl (C=O) groups excluding carboxylic acids is 2. The Morgan fingerprint density at radius 3 is 2.02 bits per heavy atom. The molecule has 21 nitrogen and oxygen atoms in total. The van der Waals surface area contributed by atoms with Crippen molar-refractivity contribution in [2.75, 3.05) is 13.2 Å². The fourth-order valence-corrected chi connectivity index (χ4v) is 6.21. The number of imide groups is 1. The number of aromatic amines is 1. The zero-order valence-corrected chi connectivity index (χ0v) is 28.5. The quantitative estimate of drug-likeness (QED) is 0.0754. The maximum absolute atomic E-state index is 12.3. The Hall–Kier alpha value is -0.460. The second kappa shape index (κ2) is 15.6. The van der Waals surface area contributed by atoms with Gasteiger partial charge in [0, 0.05) is 24.4 Å². The summed E-state index contributed by atoms with van der Waals surface area (Å²) in [5.41, 5.74) is -1.82. The second-order valence-corrected chi connectivity index (χ2v) is 12.0. The van der Waals surface area contributed by atoms with E-state index in [2.05, 4.69) is 13.4 Å². The number of H-pyrrole nitrogens is 1. The molecule has 4 heterocycles. The van der Waals surface area contributed by atoms with Crippen molar-refractivity contribution in [3.63, 3.8) is 0 Å². The van der Waals surface area contributed by atoms with Gasteiger partial charge in [-0.15, -0.1) is 0 Å². The number of nitrogens with zero attached hydrogens (tertiary/aromatic N) is 2. The fraction of sp³-hybridized carbons (Fsp3) is 0.579. The Morgan fingerprint density at radius 1 is 0.841 bits per heavy atom. The molecule has 2 unspecified atom stereocenters. The molecule has 0 radical (unpaired) electrons. The molecule has 2 amide bonds. The summed E-state index contributed by atoms with van der Waals surface area (Å²) in [5.74, 6) is -1.64. The van der Waals surface area contributed by atoms with Crippen molar-refractivity contribution in [1.29, 1.82) is 0 Å². The van der Waals surface area contributed by atoms with Crippen LogP contribution in [0.4, 0.5) is 0 Å². The van der Waals surface area contributed by atoms with E-state index in [1.807, 2.05) is 4.98 Å². The first kappa shape index (κ1) is 39.7. The van der Waals surface area contributed by atoms with Crippen molar-refractivity contribution in [3.8, 4) is 0 Å². The van der Waals surface area contributed by atoms with Gasteiger partial charge in [0.2, 0.25) is 0 Å². The van der Waals surface area contributed by atoms with Crippen LogP contribution in [0.3, 0.4) is 0 Å². The summed E-state index contributed by atoms with van der Waals surface area (Å²) in [6, 6.07) is 0.899. The van der Waals surface area contributed by atoms with E-state index in [1.165, 1.54) is 0 Å². The molecule has 0 aliphatic carbocycles. The minimum atomic E-state index is -6.03. The zero-order chi connectivity index (χ0) is 31.1. The number of aliphatic hydroxyl groups excluding tert-OH is 5. The van der Waals surface area contributed by atoms with Crippen LogP contribution in [0.2, 0.25) is 0 Å². The number of carbonyl (C=O) groups is 2. The number of rotatable bonds is 10. The van der Waals surface area contributed by atoms with E-state index >= 15 is 0 Å². The van der Waals surface area contributed by atoms with Gasteiger partial charge in [-0.05, 0) is 0 Å². The normalized spacial score (nSPS) is 34.6. The molecule has 1 aromatic rings. The van der Waals surface area contributed by atoms with Gasteiger partial charge in [0.05, 0.1) is 13.2 Å². The third-order valence-corrected chi connectivity index (χ3v) is 8.76. The standard InChI is InChI=1S/C19H25N3O18P2.2Na/c23-9-3-4-21(19(31)20-9)17-15(29)13(27)8(37-17)6-36-41(32,33)40-42(34,35)39-18-16(30)14(28)12(26)7(38-18)5-22-10(24)1-2-11(22)25;;/h1-4,7-8,12-18,26-30H,5-6H2,(H,32,33)(H,34,35)(H,20,23,31);;/q;2*+1/p-2/t7-,8-,12+,13-,14+,15-,16-,17-,18-;;/m1../s1. The summed E-state index contributed by atoms with van der Waals surface area (Å²) in [7, 11) is -11.9. The van der Waals surface area contributed by atoms with Crippen LogP contribution < -0.4 is 80.2 Å². The van der Waals surface area contributed by atoms with Crippen LogP contribution in [-0.2, 0) is 41.6 Å². The molecule has 1 aromatic heterocycles. The van der Waals surface area contributed by atoms with Crippen molar-refractivity contribution >= 4 is 27.5 Å². The topological polar surface area (TPSA) is 320 Å². The van der Waals surface area contributed by atoms with Gasteiger partial charge in [-0.25, -0.2) is 9.11 Å². The van der Waals surface area contributed by atoms with Crippen LogP contribution in [0.1, 0.15) is 6.23 Å². The van der Waals surface area contributed by atoms with Gasteiger partial charge < -0.3 is 49.3 Å². The summed E-state index contributed by atoms with van der Waals surface area (Å²) in [6.07, 6.45) is -14.8. The summed E-state index contributed by atoms with van der Waals surface area (Å²) in [6.45, 7) is -1.88. The van der Waals surface area contributed by atoms with Gasteiger partial charge in [0.25, 0.3) is 33.0 Å². The molecular weight excluding hydrogens is 666 g/mol. The smallest absolute Gasteiger partial charge is 0.756 e. The third-order valence-electron chi connectivity index (χ3n) is 6.22. The van der Waals surface area contributed by atoms with Gasteiger partial charge >= 0.3 is 64.8 Å². The molecule has 25 heteroatoms. The molecule has 2 saturated heterocycles. The van der Waals surface area contributed by atoms with E-state index < -0.39 is 107 Å². The van der Waals surface area contributed by atoms with E-state index in [-0.39, 0.29) is 59.1 Å². The van der Waals surface area contributed by atoms with E-state index in [0.29, 0.717) is 9.47 Å². The summed E-state index contributed by atoms with van der Waals surface area (Å²) in [5, 5.41) is 50.6. The van der Waals surface area contributed by atoms with Crippen LogP contribution in [0.5, 0.6) is 0 Å². The molecule has 234 valence electrons. The van der Waals surface area contributed by atoms with Gasteiger partial charge in [0.1, 0.15) is 42.7 Å². The third kappa shape index (κ3) is 9.12. The van der Waals surface area contributed by atoms with Gasteiger partial charge in [0.15, 0.2) is 12.5 Å². The first-order chi connectivity index (χ1) is 19.5. The number of amides is 2. The Kier molecular flexibility index (Phi) is 14.1. The average Bonchev–Trinajstić information content (AvgIpc) is 3.36. The average molecular weight is 689 g/mol. The van der Waals surface area contributed by atoms with Crippen molar-refractivity contribution in [1.82, 2.24) is 14.5 Å². The fourth-order valence-electron chi connectivity index (χ4n) is 4.13. The molecule has 0 bridgehead atoms. The van der Waals surface area contributed by atoms with E-state index in [4.69, 9.17) is 9.47 Å². The first-order valence-electron chi connectivity index (χ1n) is 11.7. The Balaban J connectivity index is 0.00000337. The van der Waals surface area contributed by atoms with Crippen LogP contribution in [0.15, 0.2) is 34.0 Å². The molecule has 0 aromatic carbocycles. The minimum absolute atomic E-state index is 0. The maximum atomic E-state index is 12.3. The molecule has 6 N–H and O–H groups in total. The SMILES string of the molecule is O=C1C=CC(=O)N1C[C@H]1O[C@H](OP(=O)([O-])OP(=O)([O-])OC[C@H]2O[C@@H](n3ccc(=O)[nH]c3=O)[C@H](O)[C@@H]2O)[C@H](O)[C@@H](O)[C@H]1O.[Na+].[Na+]. The number of phosphoric ester groups is 2. The molecule has 2 fully saturated rings.